The van der Waals surface area contributed by atoms with Gasteiger partial charge in [-0.3, -0.25) is 4.79 Å². The van der Waals surface area contributed by atoms with Crippen LogP contribution in [0.4, 0.5) is 4.79 Å². The predicted octanol–water partition coefficient (Wildman–Crippen LogP) is -0.730. The van der Waals surface area contributed by atoms with E-state index < -0.39 is 48.1 Å². The molecular formula is C22H34N2O9S. The van der Waals surface area contributed by atoms with E-state index in [4.69, 9.17) is 9.47 Å². The molecule has 0 spiro atoms. The molecule has 0 aromatic heterocycles. The van der Waals surface area contributed by atoms with Gasteiger partial charge in [0.15, 0.2) is 0 Å². The molecule has 0 aromatic carbocycles. The second kappa shape index (κ2) is 11.1. The fourth-order valence-electron chi connectivity index (χ4n) is 5.19. The molecule has 4 aliphatic rings. The number of aliphatic hydroxyl groups excluding tert-OH is 4. The van der Waals surface area contributed by atoms with Gasteiger partial charge in [0, 0.05) is 17.7 Å². The number of fused-ring (bicyclic) bond motifs is 3. The van der Waals surface area contributed by atoms with Gasteiger partial charge in [0.2, 0.25) is 5.91 Å². The third kappa shape index (κ3) is 5.53. The molecule has 3 saturated heterocycles. The Labute approximate surface area is 202 Å². The van der Waals surface area contributed by atoms with Gasteiger partial charge in [0.1, 0.15) is 36.0 Å². The average Bonchev–Trinajstić information content (AvgIpc) is 3.12. The van der Waals surface area contributed by atoms with Crippen LogP contribution in [0.5, 0.6) is 0 Å². The zero-order valence-corrected chi connectivity index (χ0v) is 19.6. The SMILES string of the molecule is O=C(N[C@@H]1CC=CC[C@@H](CO)S[C@H]2O[C@H]1[C@H](O)[C@H](O)[C@H]2O)C1CCCC2CN(C(=O)O)CC2O1. The third-order valence-corrected chi connectivity index (χ3v) is 8.53. The normalized spacial score (nSPS) is 43.0. The van der Waals surface area contributed by atoms with Crippen molar-refractivity contribution < 1.29 is 44.6 Å². The van der Waals surface area contributed by atoms with Gasteiger partial charge in [-0.05, 0) is 32.1 Å². The Balaban J connectivity index is 1.47. The van der Waals surface area contributed by atoms with Crippen LogP contribution in [0.1, 0.15) is 32.1 Å². The van der Waals surface area contributed by atoms with Crippen molar-refractivity contribution in [2.24, 2.45) is 5.92 Å². The van der Waals surface area contributed by atoms with Crippen molar-refractivity contribution in [2.45, 2.75) is 85.5 Å². The maximum Gasteiger partial charge on any atom is 0.407 e. The lowest BCUT2D eigenvalue weighted by Crippen LogP contribution is -2.63. The van der Waals surface area contributed by atoms with Gasteiger partial charge in [-0.2, -0.15) is 0 Å². The lowest BCUT2D eigenvalue weighted by atomic mass is 9.92. The molecule has 0 saturated carbocycles. The van der Waals surface area contributed by atoms with E-state index in [1.165, 1.54) is 16.7 Å². The fourth-order valence-corrected chi connectivity index (χ4v) is 6.39. The number of amides is 2. The molecule has 0 aromatic rings. The molecule has 3 unspecified atom stereocenters. The van der Waals surface area contributed by atoms with Crippen molar-refractivity contribution in [3.8, 4) is 0 Å². The van der Waals surface area contributed by atoms with Crippen molar-refractivity contribution in [3.63, 3.8) is 0 Å². The molecule has 11 nitrogen and oxygen atoms in total. The highest BCUT2D eigenvalue weighted by atomic mass is 32.2. The summed E-state index contributed by atoms with van der Waals surface area (Å²) >= 11 is 1.19. The standard InChI is InChI=1S/C22H34N2O9S/c25-10-12-5-1-2-6-13(19-17(27)16(26)18(28)21(33-19)34-12)23-20(29)14-7-3-4-11-8-24(22(30)31)9-15(11)32-14/h1-2,11-19,21,25-28H,3-10H2,(H,23,29)(H,30,31)/t11?,12-,13+,14?,15?,16-,17+,18+,19+,21+/m0/s1. The molecule has 192 valence electrons. The Kier molecular flexibility index (Phi) is 8.39. The molecule has 4 aliphatic heterocycles. The number of carboxylic acid groups (broad SMARTS) is 1. The van der Waals surface area contributed by atoms with Crippen LogP contribution in [-0.4, -0.2) is 115 Å². The Morgan fingerprint density at radius 1 is 1.03 bits per heavy atom. The first-order valence-corrected chi connectivity index (χ1v) is 12.8. The molecule has 4 rings (SSSR count). The van der Waals surface area contributed by atoms with Gasteiger partial charge < -0.3 is 45.2 Å². The van der Waals surface area contributed by atoms with Crippen molar-refractivity contribution in [1.82, 2.24) is 10.2 Å². The zero-order chi connectivity index (χ0) is 24.4. The van der Waals surface area contributed by atoms with Gasteiger partial charge in [-0.15, -0.1) is 11.8 Å². The molecule has 0 radical (unpaired) electrons. The minimum atomic E-state index is -1.46. The minimum absolute atomic E-state index is 0.0582. The average molecular weight is 503 g/mol. The number of thioether (sulfide) groups is 1. The smallest absolute Gasteiger partial charge is 0.407 e. The number of rotatable bonds is 3. The molecule has 3 fully saturated rings. The van der Waals surface area contributed by atoms with E-state index in [-0.39, 0.29) is 36.3 Å². The Morgan fingerprint density at radius 2 is 1.79 bits per heavy atom. The summed E-state index contributed by atoms with van der Waals surface area (Å²) in [5.41, 5.74) is -0.873. The molecule has 10 atom stereocenters. The van der Waals surface area contributed by atoms with E-state index >= 15 is 0 Å². The van der Waals surface area contributed by atoms with E-state index in [1.807, 2.05) is 12.2 Å². The van der Waals surface area contributed by atoms with Crippen molar-refractivity contribution in [1.29, 1.82) is 0 Å². The van der Waals surface area contributed by atoms with Gasteiger partial charge in [0.25, 0.3) is 0 Å². The number of hydrogen-bond acceptors (Lipinski definition) is 9. The molecular weight excluding hydrogens is 468 g/mol. The maximum absolute atomic E-state index is 13.2. The summed E-state index contributed by atoms with van der Waals surface area (Å²) in [7, 11) is 0. The summed E-state index contributed by atoms with van der Waals surface area (Å²) in [5.74, 6) is -0.318. The van der Waals surface area contributed by atoms with E-state index in [0.29, 0.717) is 25.8 Å². The number of aliphatic hydroxyl groups is 4. The number of carbonyl (C=O) groups is 2. The van der Waals surface area contributed by atoms with Crippen molar-refractivity contribution in [3.05, 3.63) is 12.2 Å². The molecule has 6 N–H and O–H groups in total. The number of nitrogens with zero attached hydrogens (tertiary/aromatic N) is 1. The summed E-state index contributed by atoms with van der Waals surface area (Å²) in [5, 5.41) is 53.0. The second-order valence-corrected chi connectivity index (χ2v) is 10.9. The highest BCUT2D eigenvalue weighted by Crippen LogP contribution is 2.35. The molecule has 34 heavy (non-hydrogen) atoms. The van der Waals surface area contributed by atoms with Crippen LogP contribution in [0, 0.1) is 5.92 Å². The van der Waals surface area contributed by atoms with Crippen LogP contribution in [-0.2, 0) is 14.3 Å². The number of likely N-dealkylation sites (tertiary alicyclic amines) is 1. The van der Waals surface area contributed by atoms with Gasteiger partial charge in [-0.1, -0.05) is 12.2 Å². The van der Waals surface area contributed by atoms with Gasteiger partial charge >= 0.3 is 6.09 Å². The first-order valence-electron chi connectivity index (χ1n) is 11.8. The van der Waals surface area contributed by atoms with E-state index in [9.17, 15) is 35.1 Å². The topological polar surface area (TPSA) is 169 Å². The summed E-state index contributed by atoms with van der Waals surface area (Å²) in [6, 6.07) is -0.684. The summed E-state index contributed by atoms with van der Waals surface area (Å²) in [6.45, 7) is 0.499. The van der Waals surface area contributed by atoms with Gasteiger partial charge in [0.05, 0.1) is 25.3 Å². The number of ether oxygens (including phenoxy) is 2. The second-order valence-electron chi connectivity index (χ2n) is 9.48. The van der Waals surface area contributed by atoms with Crippen molar-refractivity contribution >= 4 is 23.8 Å². The molecule has 2 amide bonds. The Morgan fingerprint density at radius 3 is 2.53 bits per heavy atom. The Bertz CT molecular complexity index is 771. The molecule has 4 heterocycles. The van der Waals surface area contributed by atoms with Crippen LogP contribution in [0.25, 0.3) is 0 Å². The summed E-state index contributed by atoms with van der Waals surface area (Å²) < 4.78 is 12.0. The molecule has 2 bridgehead atoms. The quantitative estimate of drug-likeness (QED) is 0.271. The summed E-state index contributed by atoms with van der Waals surface area (Å²) in [4.78, 5) is 25.9. The van der Waals surface area contributed by atoms with E-state index in [0.717, 1.165) is 12.8 Å². The zero-order valence-electron chi connectivity index (χ0n) is 18.8. The highest BCUT2D eigenvalue weighted by Gasteiger charge is 2.48. The number of hydrogen-bond donors (Lipinski definition) is 6. The lowest BCUT2D eigenvalue weighted by Gasteiger charge is -2.44. The summed E-state index contributed by atoms with van der Waals surface area (Å²) in [6.07, 6.45) is -0.730. The minimum Gasteiger partial charge on any atom is -0.465 e. The monoisotopic (exact) mass is 502 g/mol. The first-order chi connectivity index (χ1) is 16.3. The maximum atomic E-state index is 13.2. The van der Waals surface area contributed by atoms with Crippen LogP contribution in [0.3, 0.4) is 0 Å². The third-order valence-electron chi connectivity index (χ3n) is 7.14. The highest BCUT2D eigenvalue weighted by molar-refractivity contribution is 8.00. The number of carbonyl (C=O) groups excluding carboxylic acids is 1. The number of nitrogens with one attached hydrogen (secondary N) is 1. The lowest BCUT2D eigenvalue weighted by molar-refractivity contribution is -0.205. The Hall–Kier alpha value is -1.41. The van der Waals surface area contributed by atoms with E-state index in [2.05, 4.69) is 5.32 Å². The molecule has 0 aliphatic carbocycles. The van der Waals surface area contributed by atoms with Crippen LogP contribution in [0.2, 0.25) is 0 Å². The van der Waals surface area contributed by atoms with E-state index in [1.54, 1.807) is 0 Å². The van der Waals surface area contributed by atoms with Crippen molar-refractivity contribution in [2.75, 3.05) is 19.7 Å². The van der Waals surface area contributed by atoms with Crippen LogP contribution in [0.15, 0.2) is 12.2 Å². The fraction of sp³-hybridized carbons (Fsp3) is 0.818. The van der Waals surface area contributed by atoms with Crippen LogP contribution >= 0.6 is 11.8 Å². The first kappa shape index (κ1) is 25.7. The van der Waals surface area contributed by atoms with Gasteiger partial charge in [-0.25, -0.2) is 4.79 Å². The molecule has 12 heteroatoms. The number of allylic oxidation sites excluding steroid dienone is 1. The van der Waals surface area contributed by atoms with Crippen LogP contribution < -0.4 is 5.32 Å². The largest absolute Gasteiger partial charge is 0.465 e. The predicted molar refractivity (Wildman–Crippen MR) is 121 cm³/mol.